The maximum Gasteiger partial charge on any atom is 0.0176 e. The van der Waals surface area contributed by atoms with E-state index in [-0.39, 0.29) is 0 Å². The van der Waals surface area contributed by atoms with Gasteiger partial charge in [-0.25, -0.2) is 0 Å². The fourth-order valence-electron chi connectivity index (χ4n) is 3.72. The highest BCUT2D eigenvalue weighted by Gasteiger charge is 2.29. The van der Waals surface area contributed by atoms with Gasteiger partial charge in [0.25, 0.3) is 0 Å². The largest absolute Gasteiger partial charge is 0.313 e. The van der Waals surface area contributed by atoms with Gasteiger partial charge in [0.05, 0.1) is 0 Å². The number of benzene rings is 2. The first-order valence-corrected chi connectivity index (χ1v) is 8.14. The van der Waals surface area contributed by atoms with Crippen molar-refractivity contribution < 1.29 is 0 Å². The zero-order valence-corrected chi connectivity index (χ0v) is 13.1. The molecule has 1 aliphatic rings. The summed E-state index contributed by atoms with van der Waals surface area (Å²) >= 11 is 0. The van der Waals surface area contributed by atoms with E-state index < -0.39 is 0 Å². The molecular weight excluding hydrogens is 254 g/mol. The first-order chi connectivity index (χ1) is 10.3. The summed E-state index contributed by atoms with van der Waals surface area (Å²) in [5.74, 6) is 0.654. The van der Waals surface area contributed by atoms with E-state index in [2.05, 4.69) is 67.7 Å². The summed E-state index contributed by atoms with van der Waals surface area (Å²) < 4.78 is 0. The van der Waals surface area contributed by atoms with Crippen molar-refractivity contribution in [2.75, 3.05) is 6.54 Å². The number of likely N-dealkylation sites (N-methyl/N-ethyl adjacent to an activating group) is 1. The minimum Gasteiger partial charge on any atom is -0.313 e. The van der Waals surface area contributed by atoms with Crippen LogP contribution in [0.5, 0.6) is 0 Å². The third-order valence-electron chi connectivity index (χ3n) is 4.67. The minimum absolute atomic E-state index is 0.542. The number of nitrogens with one attached hydrogen (secondary N) is 1. The summed E-state index contributed by atoms with van der Waals surface area (Å²) in [5.41, 5.74) is 5.92. The van der Waals surface area contributed by atoms with E-state index >= 15 is 0 Å². The fourth-order valence-corrected chi connectivity index (χ4v) is 3.72. The van der Waals surface area contributed by atoms with Crippen LogP contribution in [0.1, 0.15) is 41.5 Å². The molecule has 1 nitrogen and oxygen atoms in total. The Kier molecular flexibility index (Phi) is 4.40. The van der Waals surface area contributed by atoms with E-state index in [0.717, 1.165) is 13.0 Å². The molecule has 0 radical (unpaired) electrons. The second kappa shape index (κ2) is 6.44. The van der Waals surface area contributed by atoms with Gasteiger partial charge in [-0.05, 0) is 49.4 Å². The topological polar surface area (TPSA) is 12.0 Å². The Labute approximate surface area is 128 Å². The van der Waals surface area contributed by atoms with Crippen molar-refractivity contribution in [3.63, 3.8) is 0 Å². The van der Waals surface area contributed by atoms with Gasteiger partial charge in [0.1, 0.15) is 0 Å². The van der Waals surface area contributed by atoms with Crippen LogP contribution in [0.2, 0.25) is 0 Å². The predicted octanol–water partition coefficient (Wildman–Crippen LogP) is 4.25. The second-order valence-electron chi connectivity index (χ2n) is 6.20. The molecule has 21 heavy (non-hydrogen) atoms. The van der Waals surface area contributed by atoms with Crippen LogP contribution < -0.4 is 5.32 Å². The molecule has 1 N–H and O–H groups in total. The molecule has 0 saturated heterocycles. The summed E-state index contributed by atoms with van der Waals surface area (Å²) in [6.07, 6.45) is 3.63. The fraction of sp³-hybridized carbons (Fsp3) is 0.400. The van der Waals surface area contributed by atoms with Gasteiger partial charge < -0.3 is 5.32 Å². The number of rotatable bonds is 5. The van der Waals surface area contributed by atoms with Crippen molar-refractivity contribution in [2.45, 2.75) is 45.1 Å². The van der Waals surface area contributed by atoms with Crippen molar-refractivity contribution in [1.82, 2.24) is 5.32 Å². The van der Waals surface area contributed by atoms with E-state index in [0.29, 0.717) is 12.0 Å². The first kappa shape index (κ1) is 14.3. The maximum absolute atomic E-state index is 3.73. The standard InChI is InChI=1S/C20H25N/c1-3-21-20(14-16-8-6-7-15(2)13-16)19-12-11-17-9-4-5-10-18(17)19/h4-10,13,19-21H,3,11-12,14H2,1-2H3. The van der Waals surface area contributed by atoms with Crippen molar-refractivity contribution in [3.8, 4) is 0 Å². The Morgan fingerprint density at radius 2 is 2.00 bits per heavy atom. The van der Waals surface area contributed by atoms with Crippen molar-refractivity contribution in [1.29, 1.82) is 0 Å². The lowest BCUT2D eigenvalue weighted by molar-refractivity contribution is 0.435. The molecule has 0 saturated carbocycles. The Hall–Kier alpha value is -1.60. The summed E-state index contributed by atoms with van der Waals surface area (Å²) in [7, 11) is 0. The molecule has 2 aromatic carbocycles. The molecule has 0 spiro atoms. The van der Waals surface area contributed by atoms with E-state index in [1.54, 1.807) is 11.1 Å². The van der Waals surface area contributed by atoms with E-state index in [1.165, 1.54) is 24.0 Å². The SMILES string of the molecule is CCNC(Cc1cccc(C)c1)C1CCc2ccccc21. The summed E-state index contributed by atoms with van der Waals surface area (Å²) in [4.78, 5) is 0. The normalized spacial score (nSPS) is 18.5. The number of aryl methyl sites for hydroxylation is 2. The van der Waals surface area contributed by atoms with Gasteiger partial charge in [0, 0.05) is 12.0 Å². The lowest BCUT2D eigenvalue weighted by Crippen LogP contribution is -2.36. The van der Waals surface area contributed by atoms with E-state index in [1.807, 2.05) is 0 Å². The molecule has 0 amide bonds. The monoisotopic (exact) mass is 279 g/mol. The van der Waals surface area contributed by atoms with Crippen LogP contribution in [-0.4, -0.2) is 12.6 Å². The maximum atomic E-state index is 3.73. The molecule has 1 heteroatoms. The molecule has 3 rings (SSSR count). The zero-order valence-electron chi connectivity index (χ0n) is 13.1. The van der Waals surface area contributed by atoms with Crippen molar-refractivity contribution >= 4 is 0 Å². The predicted molar refractivity (Wildman–Crippen MR) is 89.9 cm³/mol. The van der Waals surface area contributed by atoms with Gasteiger partial charge in [0.2, 0.25) is 0 Å². The quantitative estimate of drug-likeness (QED) is 0.863. The number of hydrogen-bond acceptors (Lipinski definition) is 1. The highest BCUT2D eigenvalue weighted by molar-refractivity contribution is 5.36. The highest BCUT2D eigenvalue weighted by atomic mass is 14.9. The third-order valence-corrected chi connectivity index (χ3v) is 4.67. The number of hydrogen-bond donors (Lipinski definition) is 1. The van der Waals surface area contributed by atoms with Gasteiger partial charge >= 0.3 is 0 Å². The molecule has 2 aromatic rings. The van der Waals surface area contributed by atoms with Gasteiger partial charge in [-0.1, -0.05) is 61.0 Å². The zero-order chi connectivity index (χ0) is 14.7. The average Bonchev–Trinajstić information content (AvgIpc) is 2.91. The highest BCUT2D eigenvalue weighted by Crippen LogP contribution is 2.36. The Bertz CT molecular complexity index is 602. The first-order valence-electron chi connectivity index (χ1n) is 8.14. The lowest BCUT2D eigenvalue weighted by atomic mass is 9.88. The summed E-state index contributed by atoms with van der Waals surface area (Å²) in [5, 5.41) is 3.73. The molecule has 2 unspecified atom stereocenters. The molecule has 110 valence electrons. The summed E-state index contributed by atoms with van der Waals surface area (Å²) in [6.45, 7) is 5.43. The van der Waals surface area contributed by atoms with Gasteiger partial charge in [-0.2, -0.15) is 0 Å². The van der Waals surface area contributed by atoms with E-state index in [9.17, 15) is 0 Å². The lowest BCUT2D eigenvalue weighted by Gasteiger charge is -2.25. The molecule has 1 aliphatic carbocycles. The van der Waals surface area contributed by atoms with Crippen molar-refractivity contribution in [3.05, 3.63) is 70.8 Å². The minimum atomic E-state index is 0.542. The molecule has 0 aromatic heterocycles. The molecule has 2 atom stereocenters. The van der Waals surface area contributed by atoms with Gasteiger partial charge in [-0.3, -0.25) is 0 Å². The second-order valence-corrected chi connectivity index (χ2v) is 6.20. The van der Waals surface area contributed by atoms with Crippen LogP contribution in [0.25, 0.3) is 0 Å². The molecular formula is C20H25N. The van der Waals surface area contributed by atoms with Crippen LogP contribution in [0.4, 0.5) is 0 Å². The van der Waals surface area contributed by atoms with Crippen LogP contribution in [0, 0.1) is 6.92 Å². The Balaban J connectivity index is 1.82. The molecule has 0 aliphatic heterocycles. The van der Waals surface area contributed by atoms with Gasteiger partial charge in [0.15, 0.2) is 0 Å². The van der Waals surface area contributed by atoms with Gasteiger partial charge in [-0.15, -0.1) is 0 Å². The smallest absolute Gasteiger partial charge is 0.0176 e. The summed E-state index contributed by atoms with van der Waals surface area (Å²) in [6, 6.07) is 18.5. The number of fused-ring (bicyclic) bond motifs is 1. The van der Waals surface area contributed by atoms with Crippen LogP contribution >= 0.6 is 0 Å². The Morgan fingerprint density at radius 1 is 1.14 bits per heavy atom. The molecule has 0 bridgehead atoms. The Morgan fingerprint density at radius 3 is 2.81 bits per heavy atom. The van der Waals surface area contributed by atoms with E-state index in [4.69, 9.17) is 0 Å². The third kappa shape index (κ3) is 3.19. The van der Waals surface area contributed by atoms with Crippen LogP contribution in [0.3, 0.4) is 0 Å². The molecule has 0 heterocycles. The van der Waals surface area contributed by atoms with Crippen LogP contribution in [0.15, 0.2) is 48.5 Å². The van der Waals surface area contributed by atoms with Crippen molar-refractivity contribution in [2.24, 2.45) is 0 Å². The average molecular weight is 279 g/mol. The molecule has 0 fully saturated rings. The van der Waals surface area contributed by atoms with Crippen LogP contribution in [-0.2, 0) is 12.8 Å².